The molecule has 0 heterocycles. The van der Waals surface area contributed by atoms with Crippen LogP contribution in [0.1, 0.15) is 117 Å². The third kappa shape index (κ3) is 30.6. The quantitative estimate of drug-likeness (QED) is 0.0508. The number of unbranched alkanes of at least 4 members (excludes halogenated alkanes) is 11. The minimum atomic E-state index is -1.17. The van der Waals surface area contributed by atoms with Gasteiger partial charge in [0.1, 0.15) is 6.04 Å². The van der Waals surface area contributed by atoms with Crippen LogP contribution in [0.25, 0.3) is 0 Å². The SMILES string of the molecule is CNC(CSCC(=O)NCCOCCOCCNC(=O)CCC(NC(=O)CCCCCCCCCCCCCCC(=O)O)C(=O)O)C(=O)C(C)C. The van der Waals surface area contributed by atoms with Gasteiger partial charge in [-0.25, -0.2) is 4.79 Å². The Kier molecular flexibility index (Phi) is 31.3. The van der Waals surface area contributed by atoms with E-state index in [9.17, 15) is 33.9 Å². The van der Waals surface area contributed by atoms with Gasteiger partial charge >= 0.3 is 11.9 Å². The number of carboxylic acid groups (broad SMARTS) is 2. The second-order valence-electron chi connectivity index (χ2n) is 13.0. The maximum atomic E-state index is 12.3. The number of hydrogen-bond acceptors (Lipinski definition) is 10. The molecule has 0 saturated heterocycles. The van der Waals surface area contributed by atoms with Crippen molar-refractivity contribution in [2.75, 3.05) is 58.1 Å². The molecular weight excluding hydrogens is 680 g/mol. The molecule has 6 N–H and O–H groups in total. The molecule has 51 heavy (non-hydrogen) atoms. The van der Waals surface area contributed by atoms with E-state index in [0.29, 0.717) is 38.5 Å². The lowest BCUT2D eigenvalue weighted by molar-refractivity contribution is -0.142. The van der Waals surface area contributed by atoms with Gasteiger partial charge < -0.3 is 41.0 Å². The molecule has 0 aliphatic rings. The minimum Gasteiger partial charge on any atom is -0.481 e. The summed E-state index contributed by atoms with van der Waals surface area (Å²) >= 11 is 1.40. The highest BCUT2D eigenvalue weighted by Gasteiger charge is 2.21. The highest BCUT2D eigenvalue weighted by Crippen LogP contribution is 2.13. The lowest BCUT2D eigenvalue weighted by Crippen LogP contribution is -2.41. The third-order valence-electron chi connectivity index (χ3n) is 8.13. The number of carbonyl (C=O) groups is 6. The normalized spacial score (nSPS) is 12.3. The van der Waals surface area contributed by atoms with Crippen molar-refractivity contribution in [1.29, 1.82) is 0 Å². The molecule has 296 valence electrons. The van der Waals surface area contributed by atoms with Crippen molar-refractivity contribution in [1.82, 2.24) is 21.3 Å². The molecule has 0 aromatic carbocycles. The Labute approximate surface area is 309 Å². The molecular formula is C36H66N4O10S. The highest BCUT2D eigenvalue weighted by molar-refractivity contribution is 8.00. The molecule has 0 bridgehead atoms. The summed E-state index contributed by atoms with van der Waals surface area (Å²) in [5.74, 6) is -1.81. The highest BCUT2D eigenvalue weighted by atomic mass is 32.2. The number of carbonyl (C=O) groups excluding carboxylic acids is 4. The fourth-order valence-electron chi connectivity index (χ4n) is 5.10. The van der Waals surface area contributed by atoms with Crippen LogP contribution in [-0.2, 0) is 38.2 Å². The van der Waals surface area contributed by atoms with Gasteiger partial charge in [0.25, 0.3) is 0 Å². The van der Waals surface area contributed by atoms with Crippen LogP contribution in [0.5, 0.6) is 0 Å². The monoisotopic (exact) mass is 746 g/mol. The molecule has 15 heteroatoms. The van der Waals surface area contributed by atoms with Crippen molar-refractivity contribution < 1.29 is 48.5 Å². The molecule has 2 atom stereocenters. The van der Waals surface area contributed by atoms with Crippen LogP contribution in [-0.4, -0.2) is 116 Å². The van der Waals surface area contributed by atoms with Crippen molar-refractivity contribution >= 4 is 47.2 Å². The molecule has 3 amide bonds. The summed E-state index contributed by atoms with van der Waals surface area (Å²) in [4.78, 5) is 70.5. The Morgan fingerprint density at radius 2 is 1.10 bits per heavy atom. The van der Waals surface area contributed by atoms with Crippen LogP contribution in [0.2, 0.25) is 0 Å². The molecule has 0 radical (unpaired) electrons. The Hall–Kier alpha value is -2.75. The number of aliphatic carboxylic acids is 2. The number of nitrogens with one attached hydrogen (secondary N) is 4. The van der Waals surface area contributed by atoms with Gasteiger partial charge in [0.2, 0.25) is 17.7 Å². The summed E-state index contributed by atoms with van der Waals surface area (Å²) in [5, 5.41) is 29.1. The summed E-state index contributed by atoms with van der Waals surface area (Å²) in [6.07, 6.45) is 12.9. The van der Waals surface area contributed by atoms with Crippen LogP contribution in [0.15, 0.2) is 0 Å². The van der Waals surface area contributed by atoms with Gasteiger partial charge in [0.15, 0.2) is 5.78 Å². The van der Waals surface area contributed by atoms with Gasteiger partial charge in [-0.2, -0.15) is 0 Å². The van der Waals surface area contributed by atoms with E-state index in [1.165, 1.54) is 31.0 Å². The number of amides is 3. The number of thioether (sulfide) groups is 1. The summed E-state index contributed by atoms with van der Waals surface area (Å²) in [5.41, 5.74) is 0. The topological polar surface area (TPSA) is 209 Å². The predicted molar refractivity (Wildman–Crippen MR) is 199 cm³/mol. The molecule has 0 aliphatic carbocycles. The standard InChI is InChI=1S/C36H66N4O10S/c1-28(2)35(46)30(37-3)26-51-27-33(43)39-21-23-50-25-24-49-22-20-38-31(41)19-18-29(36(47)48)40-32(42)16-14-12-10-8-6-4-5-7-9-11-13-15-17-34(44)45/h28-30,37H,4-27H2,1-3H3,(H,38,41)(H,39,43)(H,40,42)(H,44,45)(H,47,48). The summed E-state index contributed by atoms with van der Waals surface area (Å²) < 4.78 is 10.9. The number of ketones is 1. The number of rotatable bonds is 36. The van der Waals surface area contributed by atoms with E-state index in [-0.39, 0.29) is 80.1 Å². The van der Waals surface area contributed by atoms with Crippen LogP contribution in [0, 0.1) is 5.92 Å². The lowest BCUT2D eigenvalue weighted by Gasteiger charge is -2.16. The molecule has 0 rings (SSSR count). The molecule has 0 spiro atoms. The molecule has 0 saturated carbocycles. The zero-order valence-electron chi connectivity index (χ0n) is 31.3. The zero-order valence-corrected chi connectivity index (χ0v) is 32.1. The molecule has 0 aromatic heterocycles. The second-order valence-corrected chi connectivity index (χ2v) is 14.0. The first kappa shape index (κ1) is 48.2. The first-order valence-corrected chi connectivity index (χ1v) is 19.8. The average Bonchev–Trinajstić information content (AvgIpc) is 3.08. The maximum absolute atomic E-state index is 12.3. The predicted octanol–water partition coefficient (Wildman–Crippen LogP) is 3.69. The van der Waals surface area contributed by atoms with Gasteiger partial charge in [0, 0.05) is 44.0 Å². The van der Waals surface area contributed by atoms with Crippen LogP contribution < -0.4 is 21.3 Å². The maximum Gasteiger partial charge on any atom is 0.326 e. The van der Waals surface area contributed by atoms with Crippen LogP contribution in [0.3, 0.4) is 0 Å². The summed E-state index contributed by atoms with van der Waals surface area (Å²) in [7, 11) is 1.74. The Morgan fingerprint density at radius 3 is 1.57 bits per heavy atom. The van der Waals surface area contributed by atoms with E-state index in [4.69, 9.17) is 14.6 Å². The Balaban J connectivity index is 3.75. The summed E-state index contributed by atoms with van der Waals surface area (Å²) in [6.45, 7) is 5.53. The van der Waals surface area contributed by atoms with Gasteiger partial charge in [-0.3, -0.25) is 24.0 Å². The number of hydrogen-bond donors (Lipinski definition) is 6. The third-order valence-corrected chi connectivity index (χ3v) is 9.16. The lowest BCUT2D eigenvalue weighted by atomic mass is 10.0. The molecule has 0 aromatic rings. The fraction of sp³-hybridized carbons (Fsp3) is 0.833. The van der Waals surface area contributed by atoms with Gasteiger partial charge in [-0.05, 0) is 26.3 Å². The second kappa shape index (κ2) is 33.1. The van der Waals surface area contributed by atoms with Crippen molar-refractivity contribution in [2.24, 2.45) is 5.92 Å². The number of ether oxygens (including phenoxy) is 2. The average molecular weight is 747 g/mol. The molecule has 0 fully saturated rings. The van der Waals surface area contributed by atoms with Gasteiger partial charge in [0.05, 0.1) is 38.2 Å². The first-order chi connectivity index (χ1) is 24.5. The summed E-state index contributed by atoms with van der Waals surface area (Å²) in [6, 6.07) is -1.39. The number of likely N-dealkylation sites (N-methyl/N-ethyl adjacent to an activating group) is 1. The van der Waals surface area contributed by atoms with Crippen molar-refractivity contribution in [2.45, 2.75) is 129 Å². The van der Waals surface area contributed by atoms with Gasteiger partial charge in [-0.15, -0.1) is 11.8 Å². The first-order valence-electron chi connectivity index (χ1n) is 18.7. The van der Waals surface area contributed by atoms with Crippen molar-refractivity contribution in [3.63, 3.8) is 0 Å². The minimum absolute atomic E-state index is 0.00651. The van der Waals surface area contributed by atoms with E-state index < -0.39 is 18.0 Å². The van der Waals surface area contributed by atoms with E-state index in [1.807, 2.05) is 13.8 Å². The smallest absolute Gasteiger partial charge is 0.326 e. The van der Waals surface area contributed by atoms with E-state index in [2.05, 4.69) is 21.3 Å². The van der Waals surface area contributed by atoms with Crippen LogP contribution in [0.4, 0.5) is 0 Å². The van der Waals surface area contributed by atoms with Crippen LogP contribution >= 0.6 is 11.8 Å². The fourth-order valence-corrected chi connectivity index (χ4v) is 6.07. The Bertz CT molecular complexity index is 986. The number of carboxylic acids is 2. The largest absolute Gasteiger partial charge is 0.481 e. The van der Waals surface area contributed by atoms with E-state index >= 15 is 0 Å². The van der Waals surface area contributed by atoms with E-state index in [1.54, 1.807) is 7.05 Å². The van der Waals surface area contributed by atoms with E-state index in [0.717, 1.165) is 51.4 Å². The molecule has 0 aliphatic heterocycles. The molecule has 14 nitrogen and oxygen atoms in total. The zero-order chi connectivity index (χ0) is 38.1. The molecule has 2 unspecified atom stereocenters. The van der Waals surface area contributed by atoms with Crippen molar-refractivity contribution in [3.05, 3.63) is 0 Å². The van der Waals surface area contributed by atoms with Crippen molar-refractivity contribution in [3.8, 4) is 0 Å². The number of Topliss-reactive ketones (excluding diaryl/α,β-unsaturated/α-hetero) is 1. The van der Waals surface area contributed by atoms with Gasteiger partial charge in [-0.1, -0.05) is 78.1 Å². The Morgan fingerprint density at radius 1 is 0.608 bits per heavy atom.